The first-order valence-electron chi connectivity index (χ1n) is 8.83. The van der Waals surface area contributed by atoms with Crippen molar-refractivity contribution in [2.24, 2.45) is 0 Å². The molecule has 7 heteroatoms. The second kappa shape index (κ2) is 5.77. The summed E-state index contributed by atoms with van der Waals surface area (Å²) in [7, 11) is 0. The molecule has 25 heavy (non-hydrogen) atoms. The molecule has 1 aliphatic carbocycles. The zero-order valence-electron chi connectivity index (χ0n) is 13.8. The van der Waals surface area contributed by atoms with E-state index < -0.39 is 0 Å². The molecular formula is C18H19N5O2. The van der Waals surface area contributed by atoms with Crippen LogP contribution in [0.2, 0.25) is 0 Å². The fourth-order valence-corrected chi connectivity index (χ4v) is 3.60. The maximum Gasteiger partial charge on any atom is 0.258 e. The second-order valence-corrected chi connectivity index (χ2v) is 6.92. The van der Waals surface area contributed by atoms with Crippen LogP contribution in [0.4, 0.5) is 0 Å². The molecule has 2 aliphatic rings. The Morgan fingerprint density at radius 3 is 2.96 bits per heavy atom. The summed E-state index contributed by atoms with van der Waals surface area (Å²) >= 11 is 0. The normalized spacial score (nSPS) is 21.2. The highest BCUT2D eigenvalue weighted by atomic mass is 16.5. The van der Waals surface area contributed by atoms with Crippen molar-refractivity contribution in [3.63, 3.8) is 0 Å². The molecule has 0 radical (unpaired) electrons. The molecule has 1 aliphatic heterocycles. The van der Waals surface area contributed by atoms with Crippen molar-refractivity contribution in [3.05, 3.63) is 52.2 Å². The first-order valence-corrected chi connectivity index (χ1v) is 8.83. The number of fused-ring (bicyclic) bond motifs is 1. The van der Waals surface area contributed by atoms with Crippen molar-refractivity contribution >= 4 is 10.9 Å². The average Bonchev–Trinajstić information content (AvgIpc) is 3.19. The fraction of sp³-hybridized carbons (Fsp3) is 0.444. The highest BCUT2D eigenvalue weighted by Gasteiger charge is 2.32. The summed E-state index contributed by atoms with van der Waals surface area (Å²) < 4.78 is 5.36. The minimum absolute atomic E-state index is 0.0805. The van der Waals surface area contributed by atoms with Crippen LogP contribution in [-0.2, 0) is 6.54 Å². The lowest BCUT2D eigenvalue weighted by molar-refractivity contribution is 0.230. The van der Waals surface area contributed by atoms with Gasteiger partial charge in [-0.05, 0) is 44.4 Å². The molecule has 1 saturated heterocycles. The number of nitrogens with one attached hydrogen (secondary N) is 1. The number of aromatic amines is 1. The number of aromatic nitrogens is 4. The van der Waals surface area contributed by atoms with Crippen LogP contribution in [0.5, 0.6) is 0 Å². The Morgan fingerprint density at radius 2 is 2.08 bits per heavy atom. The lowest BCUT2D eigenvalue weighted by atomic mass is 10.2. The molecule has 1 saturated carbocycles. The van der Waals surface area contributed by atoms with E-state index in [0.717, 1.165) is 55.3 Å². The van der Waals surface area contributed by atoms with Crippen molar-refractivity contribution in [1.82, 2.24) is 25.0 Å². The zero-order valence-corrected chi connectivity index (χ0v) is 13.8. The van der Waals surface area contributed by atoms with Gasteiger partial charge in [-0.25, -0.2) is 4.98 Å². The van der Waals surface area contributed by atoms with Gasteiger partial charge >= 0.3 is 0 Å². The Labute approximate surface area is 144 Å². The summed E-state index contributed by atoms with van der Waals surface area (Å²) in [4.78, 5) is 26.8. The quantitative estimate of drug-likeness (QED) is 0.787. The standard InChI is InChI=1S/C18H19N5O2/c24-17-12-4-1-2-5-13(12)19-16(21-17)14-6-3-9-23(14)10-15-20-18(25-22-15)11-7-8-11/h1-2,4-5,11,14H,3,6-10H2,(H,19,21,24). The number of rotatable bonds is 4. The van der Waals surface area contributed by atoms with Gasteiger partial charge in [0.1, 0.15) is 5.82 Å². The molecule has 5 rings (SSSR count). The van der Waals surface area contributed by atoms with Crippen LogP contribution in [0.15, 0.2) is 33.6 Å². The molecule has 0 spiro atoms. The minimum atomic E-state index is -0.0805. The van der Waals surface area contributed by atoms with E-state index in [1.165, 1.54) is 0 Å². The first kappa shape index (κ1) is 14.8. The van der Waals surface area contributed by atoms with Gasteiger partial charge in [0.05, 0.1) is 23.5 Å². The molecule has 1 atom stereocenters. The number of benzene rings is 1. The number of nitrogens with zero attached hydrogens (tertiary/aromatic N) is 4. The molecule has 1 N–H and O–H groups in total. The van der Waals surface area contributed by atoms with Crippen LogP contribution in [0, 0.1) is 0 Å². The van der Waals surface area contributed by atoms with Crippen molar-refractivity contribution < 1.29 is 4.52 Å². The molecule has 1 unspecified atom stereocenters. The van der Waals surface area contributed by atoms with Gasteiger partial charge < -0.3 is 9.51 Å². The van der Waals surface area contributed by atoms with Crippen LogP contribution in [0.3, 0.4) is 0 Å². The van der Waals surface area contributed by atoms with Gasteiger partial charge in [-0.1, -0.05) is 17.3 Å². The molecule has 2 fully saturated rings. The van der Waals surface area contributed by atoms with Crippen molar-refractivity contribution in [2.75, 3.05) is 6.54 Å². The summed E-state index contributed by atoms with van der Waals surface area (Å²) in [6.07, 6.45) is 4.33. The second-order valence-electron chi connectivity index (χ2n) is 6.92. The van der Waals surface area contributed by atoms with E-state index in [-0.39, 0.29) is 11.6 Å². The predicted molar refractivity (Wildman–Crippen MR) is 91.0 cm³/mol. The SMILES string of the molecule is O=c1[nH]c(C2CCCN2Cc2noc(C3CC3)n2)nc2ccccc12. The molecule has 2 aromatic heterocycles. The van der Waals surface area contributed by atoms with Gasteiger partial charge in [0.25, 0.3) is 5.56 Å². The monoisotopic (exact) mass is 337 g/mol. The van der Waals surface area contributed by atoms with E-state index in [1.54, 1.807) is 6.07 Å². The van der Waals surface area contributed by atoms with Gasteiger partial charge in [0.15, 0.2) is 5.82 Å². The lowest BCUT2D eigenvalue weighted by Crippen LogP contribution is -2.26. The molecule has 3 aromatic rings. The molecule has 0 amide bonds. The van der Waals surface area contributed by atoms with Crippen molar-refractivity contribution in [1.29, 1.82) is 0 Å². The molecular weight excluding hydrogens is 318 g/mol. The van der Waals surface area contributed by atoms with Gasteiger partial charge in [-0.15, -0.1) is 0 Å². The molecule has 7 nitrogen and oxygen atoms in total. The fourth-order valence-electron chi connectivity index (χ4n) is 3.60. The topological polar surface area (TPSA) is 87.9 Å². The zero-order chi connectivity index (χ0) is 16.8. The minimum Gasteiger partial charge on any atom is -0.339 e. The third-order valence-electron chi connectivity index (χ3n) is 5.07. The molecule has 128 valence electrons. The summed E-state index contributed by atoms with van der Waals surface area (Å²) in [5.41, 5.74) is 0.659. The largest absolute Gasteiger partial charge is 0.339 e. The van der Waals surface area contributed by atoms with E-state index in [1.807, 2.05) is 18.2 Å². The maximum absolute atomic E-state index is 12.4. The predicted octanol–water partition coefficient (Wildman–Crippen LogP) is 2.52. The van der Waals surface area contributed by atoms with E-state index in [0.29, 0.717) is 17.8 Å². The third-order valence-corrected chi connectivity index (χ3v) is 5.07. The van der Waals surface area contributed by atoms with Crippen LogP contribution in [-0.4, -0.2) is 31.6 Å². The van der Waals surface area contributed by atoms with E-state index in [4.69, 9.17) is 9.51 Å². The Bertz CT molecular complexity index is 975. The van der Waals surface area contributed by atoms with E-state index in [9.17, 15) is 4.79 Å². The van der Waals surface area contributed by atoms with Gasteiger partial charge in [-0.2, -0.15) is 4.98 Å². The first-order chi connectivity index (χ1) is 12.3. The Kier molecular flexibility index (Phi) is 3.41. The van der Waals surface area contributed by atoms with Gasteiger partial charge in [0.2, 0.25) is 5.89 Å². The summed E-state index contributed by atoms with van der Waals surface area (Å²) in [6, 6.07) is 7.53. The number of H-pyrrole nitrogens is 1. The van der Waals surface area contributed by atoms with Crippen molar-refractivity contribution in [3.8, 4) is 0 Å². The van der Waals surface area contributed by atoms with E-state index >= 15 is 0 Å². The van der Waals surface area contributed by atoms with Gasteiger partial charge in [0, 0.05) is 5.92 Å². The summed E-state index contributed by atoms with van der Waals surface area (Å²) in [5.74, 6) is 2.68. The number of para-hydroxylation sites is 1. The Hall–Kier alpha value is -2.54. The van der Waals surface area contributed by atoms with Crippen LogP contribution < -0.4 is 5.56 Å². The summed E-state index contributed by atoms with van der Waals surface area (Å²) in [5, 5.41) is 4.74. The number of likely N-dealkylation sites (tertiary alicyclic amines) is 1. The third kappa shape index (κ3) is 2.74. The van der Waals surface area contributed by atoms with Crippen LogP contribution >= 0.6 is 0 Å². The molecule has 3 heterocycles. The van der Waals surface area contributed by atoms with Crippen LogP contribution in [0.25, 0.3) is 10.9 Å². The smallest absolute Gasteiger partial charge is 0.258 e. The summed E-state index contributed by atoms with van der Waals surface area (Å²) in [6.45, 7) is 1.56. The van der Waals surface area contributed by atoms with Gasteiger partial charge in [-0.3, -0.25) is 9.69 Å². The molecule has 0 bridgehead atoms. The Balaban J connectivity index is 1.43. The highest BCUT2D eigenvalue weighted by Crippen LogP contribution is 2.39. The Morgan fingerprint density at radius 1 is 1.20 bits per heavy atom. The van der Waals surface area contributed by atoms with Crippen molar-refractivity contribution in [2.45, 2.75) is 44.2 Å². The van der Waals surface area contributed by atoms with Crippen LogP contribution in [0.1, 0.15) is 55.2 Å². The molecule has 1 aromatic carbocycles. The maximum atomic E-state index is 12.4. The number of hydrogen-bond donors (Lipinski definition) is 1. The highest BCUT2D eigenvalue weighted by molar-refractivity contribution is 5.77. The number of hydrogen-bond acceptors (Lipinski definition) is 6. The average molecular weight is 337 g/mol. The van der Waals surface area contributed by atoms with E-state index in [2.05, 4.69) is 20.0 Å². The lowest BCUT2D eigenvalue weighted by Gasteiger charge is -2.22.